The van der Waals surface area contributed by atoms with Crippen LogP contribution in [-0.4, -0.2) is 19.1 Å². The molecule has 2 aromatic carbocycles. The van der Waals surface area contributed by atoms with Gasteiger partial charge in [0.05, 0.1) is 7.11 Å². The molecular formula is C17H20N2O3. The molecule has 2 rings (SSSR count). The van der Waals surface area contributed by atoms with Crippen molar-refractivity contribution in [3.8, 4) is 11.5 Å². The van der Waals surface area contributed by atoms with E-state index in [9.17, 15) is 4.79 Å². The Morgan fingerprint density at radius 2 is 1.77 bits per heavy atom. The van der Waals surface area contributed by atoms with Crippen LogP contribution >= 0.6 is 0 Å². The highest BCUT2D eigenvalue weighted by Gasteiger charge is 2.15. The molecule has 5 nitrogen and oxygen atoms in total. The average molecular weight is 300 g/mol. The molecule has 0 radical (unpaired) electrons. The number of hydrogen-bond donors (Lipinski definition) is 2. The molecule has 1 atom stereocenters. The van der Waals surface area contributed by atoms with E-state index in [1.165, 1.54) is 0 Å². The molecule has 0 aliphatic rings. The van der Waals surface area contributed by atoms with Gasteiger partial charge in [-0.2, -0.15) is 0 Å². The maximum absolute atomic E-state index is 12.2. The van der Waals surface area contributed by atoms with E-state index >= 15 is 0 Å². The maximum Gasteiger partial charge on any atom is 0.265 e. The number of rotatable bonds is 5. The molecule has 3 N–H and O–H groups in total. The van der Waals surface area contributed by atoms with Crippen molar-refractivity contribution in [3.05, 3.63) is 48.0 Å². The summed E-state index contributed by atoms with van der Waals surface area (Å²) in [5.41, 5.74) is 7.97. The van der Waals surface area contributed by atoms with Crippen molar-refractivity contribution in [2.45, 2.75) is 20.0 Å². The number of ether oxygens (including phenoxy) is 2. The second-order valence-corrected chi connectivity index (χ2v) is 5.00. The number of aryl methyl sites for hydroxylation is 1. The second kappa shape index (κ2) is 6.85. The molecule has 0 fully saturated rings. The smallest absolute Gasteiger partial charge is 0.265 e. The Bertz CT molecular complexity index is 653. The van der Waals surface area contributed by atoms with Crippen molar-refractivity contribution in [1.29, 1.82) is 0 Å². The van der Waals surface area contributed by atoms with Gasteiger partial charge in [-0.25, -0.2) is 0 Å². The molecule has 116 valence electrons. The van der Waals surface area contributed by atoms with E-state index in [2.05, 4.69) is 5.32 Å². The minimum Gasteiger partial charge on any atom is -0.497 e. The molecule has 1 unspecified atom stereocenters. The van der Waals surface area contributed by atoms with Crippen LogP contribution in [0.4, 0.5) is 11.4 Å². The van der Waals surface area contributed by atoms with Crippen LogP contribution in [0.2, 0.25) is 0 Å². The first kappa shape index (κ1) is 15.7. The zero-order chi connectivity index (χ0) is 16.1. The highest BCUT2D eigenvalue weighted by atomic mass is 16.5. The Morgan fingerprint density at radius 3 is 2.41 bits per heavy atom. The lowest BCUT2D eigenvalue weighted by Crippen LogP contribution is -2.30. The van der Waals surface area contributed by atoms with E-state index in [-0.39, 0.29) is 5.91 Å². The molecule has 0 aliphatic heterocycles. The lowest BCUT2D eigenvalue weighted by Gasteiger charge is -2.16. The van der Waals surface area contributed by atoms with Gasteiger partial charge in [0.1, 0.15) is 11.5 Å². The number of anilines is 2. The molecule has 22 heavy (non-hydrogen) atoms. The largest absolute Gasteiger partial charge is 0.497 e. The van der Waals surface area contributed by atoms with Gasteiger partial charge in [0, 0.05) is 11.4 Å². The van der Waals surface area contributed by atoms with Crippen molar-refractivity contribution >= 4 is 17.3 Å². The van der Waals surface area contributed by atoms with Gasteiger partial charge in [0.15, 0.2) is 6.10 Å². The number of nitrogens with one attached hydrogen (secondary N) is 1. The highest BCUT2D eigenvalue weighted by Crippen LogP contribution is 2.20. The van der Waals surface area contributed by atoms with Gasteiger partial charge in [-0.1, -0.05) is 6.07 Å². The summed E-state index contributed by atoms with van der Waals surface area (Å²) in [6.07, 6.45) is -0.630. The molecular weight excluding hydrogens is 280 g/mol. The monoisotopic (exact) mass is 300 g/mol. The fourth-order valence-electron chi connectivity index (χ4n) is 1.92. The van der Waals surface area contributed by atoms with Crippen LogP contribution in [0.5, 0.6) is 11.5 Å². The number of nitrogen functional groups attached to an aromatic ring is 1. The summed E-state index contributed by atoms with van der Waals surface area (Å²) in [5, 5.41) is 2.82. The van der Waals surface area contributed by atoms with E-state index in [0.717, 1.165) is 11.3 Å². The molecule has 0 saturated heterocycles. The third kappa shape index (κ3) is 3.91. The van der Waals surface area contributed by atoms with E-state index in [1.54, 1.807) is 50.4 Å². The van der Waals surface area contributed by atoms with E-state index in [4.69, 9.17) is 15.2 Å². The molecule has 1 amide bonds. The van der Waals surface area contributed by atoms with Gasteiger partial charge >= 0.3 is 0 Å². The molecule has 0 saturated carbocycles. The number of methoxy groups -OCH3 is 1. The Kier molecular flexibility index (Phi) is 4.88. The topological polar surface area (TPSA) is 73.6 Å². The second-order valence-electron chi connectivity index (χ2n) is 5.00. The number of carbonyl (C=O) groups is 1. The van der Waals surface area contributed by atoms with Gasteiger partial charge in [0.2, 0.25) is 0 Å². The van der Waals surface area contributed by atoms with Crippen molar-refractivity contribution in [1.82, 2.24) is 0 Å². The Hall–Kier alpha value is -2.69. The zero-order valence-corrected chi connectivity index (χ0v) is 12.9. The van der Waals surface area contributed by atoms with Gasteiger partial charge in [0.25, 0.3) is 5.91 Å². The summed E-state index contributed by atoms with van der Waals surface area (Å²) in [7, 11) is 1.60. The highest BCUT2D eigenvalue weighted by molar-refractivity contribution is 5.95. The Morgan fingerprint density at radius 1 is 1.14 bits per heavy atom. The standard InChI is InChI=1S/C17H20N2O3/c1-11-4-5-13(18)10-16(11)19-17(20)12(2)22-15-8-6-14(21-3)7-9-15/h4-10,12H,18H2,1-3H3,(H,19,20). The summed E-state index contributed by atoms with van der Waals surface area (Å²) in [6, 6.07) is 12.5. The number of amides is 1. The molecule has 0 aromatic heterocycles. The van der Waals surface area contributed by atoms with E-state index in [1.807, 2.05) is 13.0 Å². The molecule has 0 aliphatic carbocycles. The van der Waals surface area contributed by atoms with Crippen LogP contribution in [0.15, 0.2) is 42.5 Å². The minimum atomic E-state index is -0.630. The summed E-state index contributed by atoms with van der Waals surface area (Å²) >= 11 is 0. The van der Waals surface area contributed by atoms with Crippen LogP contribution < -0.4 is 20.5 Å². The lowest BCUT2D eigenvalue weighted by molar-refractivity contribution is -0.122. The fraction of sp³-hybridized carbons (Fsp3) is 0.235. The van der Waals surface area contributed by atoms with Gasteiger partial charge < -0.3 is 20.5 Å². The predicted octanol–water partition coefficient (Wildman–Crippen LogP) is 2.99. The fourth-order valence-corrected chi connectivity index (χ4v) is 1.92. The van der Waals surface area contributed by atoms with Crippen molar-refractivity contribution in [2.75, 3.05) is 18.2 Å². The first-order valence-electron chi connectivity index (χ1n) is 6.97. The SMILES string of the molecule is COc1ccc(OC(C)C(=O)Nc2cc(N)ccc2C)cc1. The van der Waals surface area contributed by atoms with Gasteiger partial charge in [-0.05, 0) is 55.8 Å². The average Bonchev–Trinajstić information content (AvgIpc) is 2.51. The van der Waals surface area contributed by atoms with E-state index < -0.39 is 6.10 Å². The van der Waals surface area contributed by atoms with Crippen LogP contribution in [0.25, 0.3) is 0 Å². The Balaban J connectivity index is 2.00. The molecule has 0 heterocycles. The van der Waals surface area contributed by atoms with E-state index in [0.29, 0.717) is 17.1 Å². The molecule has 5 heteroatoms. The summed E-state index contributed by atoms with van der Waals surface area (Å²) in [6.45, 7) is 3.60. The third-order valence-electron chi connectivity index (χ3n) is 3.26. The molecule has 0 spiro atoms. The number of nitrogens with two attached hydrogens (primary N) is 1. The summed E-state index contributed by atoms with van der Waals surface area (Å²) < 4.78 is 10.7. The molecule has 2 aromatic rings. The van der Waals surface area contributed by atoms with Gasteiger partial charge in [-0.3, -0.25) is 4.79 Å². The number of hydrogen-bond acceptors (Lipinski definition) is 4. The summed E-state index contributed by atoms with van der Waals surface area (Å²) in [5.74, 6) is 1.11. The number of carbonyl (C=O) groups excluding carboxylic acids is 1. The lowest BCUT2D eigenvalue weighted by atomic mass is 10.1. The van der Waals surface area contributed by atoms with Gasteiger partial charge in [-0.15, -0.1) is 0 Å². The van der Waals surface area contributed by atoms with Crippen molar-refractivity contribution in [2.24, 2.45) is 0 Å². The zero-order valence-electron chi connectivity index (χ0n) is 12.9. The summed E-state index contributed by atoms with van der Waals surface area (Å²) in [4.78, 5) is 12.2. The first-order valence-corrected chi connectivity index (χ1v) is 6.97. The van der Waals surface area contributed by atoms with Crippen LogP contribution in [0.1, 0.15) is 12.5 Å². The quantitative estimate of drug-likeness (QED) is 0.833. The van der Waals surface area contributed by atoms with Crippen LogP contribution in [-0.2, 0) is 4.79 Å². The normalized spacial score (nSPS) is 11.6. The van der Waals surface area contributed by atoms with Crippen LogP contribution in [0, 0.1) is 6.92 Å². The maximum atomic E-state index is 12.2. The van der Waals surface area contributed by atoms with Crippen molar-refractivity contribution < 1.29 is 14.3 Å². The predicted molar refractivity (Wildman–Crippen MR) is 87.3 cm³/mol. The minimum absolute atomic E-state index is 0.232. The number of benzene rings is 2. The Labute approximate surface area is 130 Å². The first-order chi connectivity index (χ1) is 10.5. The van der Waals surface area contributed by atoms with Crippen LogP contribution in [0.3, 0.4) is 0 Å². The molecule has 0 bridgehead atoms. The third-order valence-corrected chi connectivity index (χ3v) is 3.26. The van der Waals surface area contributed by atoms with Crippen molar-refractivity contribution in [3.63, 3.8) is 0 Å².